The van der Waals surface area contributed by atoms with Gasteiger partial charge in [0.1, 0.15) is 5.82 Å². The molecule has 2 aliphatic heterocycles. The van der Waals surface area contributed by atoms with Crippen LogP contribution in [0.2, 0.25) is 0 Å². The third-order valence-corrected chi connectivity index (χ3v) is 6.46. The summed E-state index contributed by atoms with van der Waals surface area (Å²) in [5, 5.41) is 0. The molecule has 0 saturated heterocycles. The lowest BCUT2D eigenvalue weighted by Gasteiger charge is -2.37. The maximum atomic E-state index is 13.6. The highest BCUT2D eigenvalue weighted by atomic mass is 19.1. The van der Waals surface area contributed by atoms with Gasteiger partial charge in [0.25, 0.3) is 0 Å². The normalized spacial score (nSPS) is 17.0. The molecule has 2 aliphatic rings. The number of benzene rings is 1. The van der Waals surface area contributed by atoms with Crippen LogP contribution in [-0.2, 0) is 0 Å². The Hall–Kier alpha value is -2.87. The summed E-state index contributed by atoms with van der Waals surface area (Å²) < 4.78 is 13.6. The molecule has 1 nitrogen and oxygen atoms in total. The minimum Gasteiger partial charge on any atom is -0.347 e. The van der Waals surface area contributed by atoms with Crippen molar-refractivity contribution in [3.05, 3.63) is 111 Å². The van der Waals surface area contributed by atoms with Crippen LogP contribution in [0.15, 0.2) is 100.0 Å². The van der Waals surface area contributed by atoms with Gasteiger partial charge in [-0.05, 0) is 115 Å². The van der Waals surface area contributed by atoms with Gasteiger partial charge >= 0.3 is 0 Å². The summed E-state index contributed by atoms with van der Waals surface area (Å²) >= 11 is 0. The third kappa shape index (κ3) is 4.50. The predicted molar refractivity (Wildman–Crippen MR) is 136 cm³/mol. The molecule has 0 aromatic heterocycles. The molecule has 168 valence electrons. The Morgan fingerprint density at radius 2 is 1.69 bits per heavy atom. The van der Waals surface area contributed by atoms with E-state index in [0.29, 0.717) is 5.92 Å². The van der Waals surface area contributed by atoms with E-state index in [2.05, 4.69) is 71.9 Å². The minimum absolute atomic E-state index is 0.200. The molecule has 1 aromatic carbocycles. The third-order valence-electron chi connectivity index (χ3n) is 6.46. The smallest absolute Gasteiger partial charge is 0.123 e. The van der Waals surface area contributed by atoms with Gasteiger partial charge in [-0.15, -0.1) is 0 Å². The Balaban J connectivity index is 2.16. The quantitative estimate of drug-likeness (QED) is 0.424. The molecular formula is C30H36FN. The van der Waals surface area contributed by atoms with Crippen LogP contribution in [0.5, 0.6) is 0 Å². The van der Waals surface area contributed by atoms with Crippen LogP contribution in [-0.4, -0.2) is 11.4 Å². The molecule has 0 radical (unpaired) electrons. The predicted octanol–water partition coefficient (Wildman–Crippen LogP) is 8.53. The molecule has 3 rings (SSSR count). The van der Waals surface area contributed by atoms with Gasteiger partial charge in [-0.3, -0.25) is 0 Å². The number of halogens is 1. The highest BCUT2D eigenvalue weighted by Gasteiger charge is 2.27. The summed E-state index contributed by atoms with van der Waals surface area (Å²) in [6.45, 7) is 24.6. The van der Waals surface area contributed by atoms with Crippen LogP contribution in [0.3, 0.4) is 0 Å². The van der Waals surface area contributed by atoms with E-state index in [1.165, 1.54) is 39.1 Å². The van der Waals surface area contributed by atoms with Gasteiger partial charge in [0.05, 0.1) is 0 Å². The molecule has 0 saturated carbocycles. The topological polar surface area (TPSA) is 3.24 Å². The van der Waals surface area contributed by atoms with Crippen molar-refractivity contribution in [2.45, 2.75) is 54.9 Å². The highest BCUT2D eigenvalue weighted by Crippen LogP contribution is 2.42. The Morgan fingerprint density at radius 1 is 1.06 bits per heavy atom. The number of hydrogen-bond donors (Lipinski definition) is 0. The Labute approximate surface area is 193 Å². The first-order valence-electron chi connectivity index (χ1n) is 11.4. The summed E-state index contributed by atoms with van der Waals surface area (Å²) in [6.07, 6.45) is 5.37. The van der Waals surface area contributed by atoms with Crippen molar-refractivity contribution in [1.82, 2.24) is 4.90 Å². The SMILES string of the molecule is C=C(C)C1=CN2CCC(C(=C(C)C)/C(C)=C(/c3ccc(F)cc3)C(C)C)=C(C)C2=CC1=C. The standard InChI is InChI=1S/C30H36FN/c1-18(2)27-17-32-15-14-26(22(8)28(32)16-21(27)7)30(20(5)6)23(9)29(19(3)4)24-10-12-25(31)13-11-24/h10-13,16-17,19H,1,7,14-15H2,2-6,8-9H3/b29-23+. The fraction of sp³-hybridized carbons (Fsp3) is 0.333. The average Bonchev–Trinajstić information content (AvgIpc) is 2.71. The molecule has 32 heavy (non-hydrogen) atoms. The van der Waals surface area contributed by atoms with Crippen LogP contribution in [0.25, 0.3) is 5.57 Å². The molecule has 0 atom stereocenters. The Morgan fingerprint density at radius 3 is 2.22 bits per heavy atom. The fourth-order valence-electron chi connectivity index (χ4n) is 5.06. The van der Waals surface area contributed by atoms with Crippen molar-refractivity contribution in [2.75, 3.05) is 6.54 Å². The number of allylic oxidation sites excluding steroid dienone is 9. The zero-order valence-corrected chi connectivity index (χ0v) is 20.7. The van der Waals surface area contributed by atoms with E-state index in [1.54, 1.807) is 12.1 Å². The summed E-state index contributed by atoms with van der Waals surface area (Å²) in [4.78, 5) is 2.34. The lowest BCUT2D eigenvalue weighted by molar-refractivity contribution is 0.449. The summed E-state index contributed by atoms with van der Waals surface area (Å²) in [5.74, 6) is 0.125. The summed E-state index contributed by atoms with van der Waals surface area (Å²) in [5.41, 5.74) is 13.4. The van der Waals surface area contributed by atoms with Crippen molar-refractivity contribution >= 4 is 5.57 Å². The first-order valence-corrected chi connectivity index (χ1v) is 11.4. The van der Waals surface area contributed by atoms with E-state index in [9.17, 15) is 4.39 Å². The second-order valence-corrected chi connectivity index (χ2v) is 9.50. The number of rotatable bonds is 5. The van der Waals surface area contributed by atoms with E-state index >= 15 is 0 Å². The Bertz CT molecular complexity index is 1110. The first kappa shape index (κ1) is 23.8. The number of hydrogen-bond acceptors (Lipinski definition) is 1. The Kier molecular flexibility index (Phi) is 6.93. The zero-order chi connectivity index (χ0) is 23.7. The molecule has 1 aromatic rings. The lowest BCUT2D eigenvalue weighted by Crippen LogP contribution is -2.28. The van der Waals surface area contributed by atoms with Crippen LogP contribution in [0.4, 0.5) is 4.39 Å². The van der Waals surface area contributed by atoms with Crippen molar-refractivity contribution in [3.63, 3.8) is 0 Å². The van der Waals surface area contributed by atoms with Gasteiger partial charge in [0.2, 0.25) is 0 Å². The second-order valence-electron chi connectivity index (χ2n) is 9.50. The van der Waals surface area contributed by atoms with Crippen LogP contribution in [0, 0.1) is 11.7 Å². The molecule has 0 aliphatic carbocycles. The fourth-order valence-corrected chi connectivity index (χ4v) is 5.06. The molecule has 0 amide bonds. The van der Waals surface area contributed by atoms with Crippen molar-refractivity contribution in [2.24, 2.45) is 5.92 Å². The molecule has 0 N–H and O–H groups in total. The molecule has 0 unspecified atom stereocenters. The molecule has 2 heterocycles. The van der Waals surface area contributed by atoms with Crippen LogP contribution in [0.1, 0.15) is 60.5 Å². The van der Waals surface area contributed by atoms with E-state index in [4.69, 9.17) is 0 Å². The largest absolute Gasteiger partial charge is 0.347 e. The summed E-state index contributed by atoms with van der Waals surface area (Å²) in [6, 6.07) is 6.91. The monoisotopic (exact) mass is 429 g/mol. The van der Waals surface area contributed by atoms with Gasteiger partial charge in [-0.1, -0.05) is 44.7 Å². The maximum Gasteiger partial charge on any atom is 0.123 e. The van der Waals surface area contributed by atoms with Gasteiger partial charge in [-0.25, -0.2) is 4.39 Å². The van der Waals surface area contributed by atoms with Crippen molar-refractivity contribution in [3.8, 4) is 0 Å². The minimum atomic E-state index is -0.200. The van der Waals surface area contributed by atoms with E-state index in [0.717, 1.165) is 35.2 Å². The number of fused-ring (bicyclic) bond motifs is 1. The molecule has 0 fully saturated rings. The van der Waals surface area contributed by atoms with E-state index in [1.807, 2.05) is 19.1 Å². The molecule has 2 heteroatoms. The van der Waals surface area contributed by atoms with Crippen LogP contribution < -0.4 is 0 Å². The van der Waals surface area contributed by atoms with Gasteiger partial charge in [0, 0.05) is 18.4 Å². The molecule has 0 spiro atoms. The highest BCUT2D eigenvalue weighted by molar-refractivity contribution is 5.76. The second kappa shape index (κ2) is 9.32. The van der Waals surface area contributed by atoms with Gasteiger partial charge < -0.3 is 4.90 Å². The van der Waals surface area contributed by atoms with Crippen LogP contribution >= 0.6 is 0 Å². The van der Waals surface area contributed by atoms with Gasteiger partial charge in [-0.2, -0.15) is 0 Å². The molecular weight excluding hydrogens is 393 g/mol. The van der Waals surface area contributed by atoms with E-state index in [-0.39, 0.29) is 5.82 Å². The summed E-state index contributed by atoms with van der Waals surface area (Å²) in [7, 11) is 0. The van der Waals surface area contributed by atoms with Gasteiger partial charge in [0.15, 0.2) is 0 Å². The van der Waals surface area contributed by atoms with Crippen molar-refractivity contribution < 1.29 is 4.39 Å². The van der Waals surface area contributed by atoms with Crippen molar-refractivity contribution in [1.29, 1.82) is 0 Å². The first-order chi connectivity index (χ1) is 15.0. The maximum absolute atomic E-state index is 13.6. The molecule has 0 bridgehead atoms. The average molecular weight is 430 g/mol. The van der Waals surface area contributed by atoms with E-state index < -0.39 is 0 Å². The lowest BCUT2D eigenvalue weighted by atomic mass is 9.80. The zero-order valence-electron chi connectivity index (χ0n) is 20.7. The number of nitrogens with zero attached hydrogens (tertiary/aromatic N) is 1.